The Morgan fingerprint density at radius 1 is 1.06 bits per heavy atom. The minimum absolute atomic E-state index is 0.125. The third kappa shape index (κ3) is 3.16. The van der Waals surface area contributed by atoms with E-state index >= 15 is 0 Å². The Bertz CT molecular complexity index is 1380. The van der Waals surface area contributed by atoms with Gasteiger partial charge >= 0.3 is 0 Å². The maximum atomic E-state index is 13.7. The van der Waals surface area contributed by atoms with Crippen molar-refractivity contribution in [2.75, 3.05) is 20.2 Å². The third-order valence-electron chi connectivity index (χ3n) is 6.53. The quantitative estimate of drug-likeness (QED) is 0.496. The van der Waals surface area contributed by atoms with E-state index in [0.717, 1.165) is 23.7 Å². The van der Waals surface area contributed by atoms with E-state index in [9.17, 15) is 9.59 Å². The van der Waals surface area contributed by atoms with Gasteiger partial charge in [0.25, 0.3) is 11.5 Å². The fraction of sp³-hybridized carbons (Fsp3) is 0.320. The van der Waals surface area contributed by atoms with Crippen LogP contribution in [0.4, 0.5) is 0 Å². The number of aryl methyl sites for hydroxylation is 1. The molecule has 2 aromatic carbocycles. The molecule has 7 nitrogen and oxygen atoms in total. The van der Waals surface area contributed by atoms with E-state index < -0.39 is 0 Å². The average Bonchev–Trinajstić information content (AvgIpc) is 3.13. The number of methoxy groups -OCH3 is 1. The van der Waals surface area contributed by atoms with Crippen LogP contribution in [0.3, 0.4) is 0 Å². The number of para-hydroxylation sites is 1. The number of benzene rings is 2. The van der Waals surface area contributed by atoms with Gasteiger partial charge in [-0.1, -0.05) is 25.1 Å². The summed E-state index contributed by atoms with van der Waals surface area (Å²) in [6.45, 7) is 3.62. The van der Waals surface area contributed by atoms with Crippen molar-refractivity contribution in [1.29, 1.82) is 0 Å². The highest BCUT2D eigenvalue weighted by molar-refractivity contribution is 6.16. The Hall–Kier alpha value is -3.61. The molecule has 1 fully saturated rings. The van der Waals surface area contributed by atoms with E-state index in [2.05, 4.69) is 12.0 Å². The number of rotatable bonds is 3. The molecule has 0 bridgehead atoms. The molecule has 0 saturated carbocycles. The summed E-state index contributed by atoms with van der Waals surface area (Å²) in [4.78, 5) is 29.1. The van der Waals surface area contributed by atoms with Crippen molar-refractivity contribution in [3.8, 4) is 11.4 Å². The van der Waals surface area contributed by atoms with E-state index in [1.807, 2.05) is 40.8 Å². The highest BCUT2D eigenvalue weighted by Crippen LogP contribution is 2.30. The molecule has 7 heteroatoms. The van der Waals surface area contributed by atoms with Gasteiger partial charge in [-0.25, -0.2) is 0 Å². The predicted molar refractivity (Wildman–Crippen MR) is 125 cm³/mol. The van der Waals surface area contributed by atoms with Gasteiger partial charge in [0.1, 0.15) is 11.3 Å². The van der Waals surface area contributed by atoms with E-state index in [1.165, 1.54) is 4.68 Å². The number of carbonyl (C=O) groups excluding carboxylic acids is 1. The zero-order valence-corrected chi connectivity index (χ0v) is 18.5. The number of amides is 1. The van der Waals surface area contributed by atoms with Crippen LogP contribution in [0, 0.1) is 5.92 Å². The van der Waals surface area contributed by atoms with Crippen molar-refractivity contribution in [2.45, 2.75) is 19.8 Å². The first-order chi connectivity index (χ1) is 15.5. The van der Waals surface area contributed by atoms with Gasteiger partial charge in [0.2, 0.25) is 0 Å². The van der Waals surface area contributed by atoms with Crippen molar-refractivity contribution in [1.82, 2.24) is 19.2 Å². The van der Waals surface area contributed by atoms with E-state index in [0.29, 0.717) is 47.0 Å². The SMILES string of the molecule is COc1ccc(-n2nc(C(=O)N3CCC(C)CC3)c3c4ccccc4n(C)c3c2=O)cc1. The molecule has 1 saturated heterocycles. The molecule has 0 N–H and O–H groups in total. The molecule has 5 rings (SSSR count). The van der Waals surface area contributed by atoms with Crippen LogP contribution in [0.2, 0.25) is 0 Å². The fourth-order valence-corrected chi connectivity index (χ4v) is 4.59. The second-order valence-electron chi connectivity index (χ2n) is 8.54. The monoisotopic (exact) mass is 430 g/mol. The van der Waals surface area contributed by atoms with Crippen molar-refractivity contribution >= 4 is 27.7 Å². The van der Waals surface area contributed by atoms with Gasteiger partial charge in [-0.3, -0.25) is 9.59 Å². The van der Waals surface area contributed by atoms with Crippen LogP contribution in [-0.4, -0.2) is 45.4 Å². The van der Waals surface area contributed by atoms with Crippen molar-refractivity contribution in [3.63, 3.8) is 0 Å². The number of nitrogens with zero attached hydrogens (tertiary/aromatic N) is 4. The minimum atomic E-state index is -0.257. The molecule has 0 spiro atoms. The van der Waals surface area contributed by atoms with Crippen LogP contribution < -0.4 is 10.3 Å². The summed E-state index contributed by atoms with van der Waals surface area (Å²) in [5.74, 6) is 1.17. The number of aromatic nitrogens is 3. The smallest absolute Gasteiger partial charge is 0.296 e. The van der Waals surface area contributed by atoms with Crippen molar-refractivity contribution in [2.24, 2.45) is 13.0 Å². The van der Waals surface area contributed by atoms with Crippen LogP contribution >= 0.6 is 0 Å². The Labute approximate surface area is 185 Å². The molecule has 3 heterocycles. The van der Waals surface area contributed by atoms with Gasteiger partial charge in [-0.2, -0.15) is 9.78 Å². The Morgan fingerprint density at radius 2 is 1.75 bits per heavy atom. The second kappa shape index (κ2) is 7.82. The molecular weight excluding hydrogens is 404 g/mol. The average molecular weight is 431 g/mol. The molecule has 1 aliphatic rings. The van der Waals surface area contributed by atoms with Crippen LogP contribution in [-0.2, 0) is 7.05 Å². The lowest BCUT2D eigenvalue weighted by atomic mass is 9.99. The fourth-order valence-electron chi connectivity index (χ4n) is 4.59. The lowest BCUT2D eigenvalue weighted by Crippen LogP contribution is -2.39. The zero-order chi connectivity index (χ0) is 22.4. The molecule has 2 aromatic heterocycles. The summed E-state index contributed by atoms with van der Waals surface area (Å²) in [6.07, 6.45) is 1.95. The van der Waals surface area contributed by atoms with Gasteiger partial charge in [-0.15, -0.1) is 0 Å². The lowest BCUT2D eigenvalue weighted by Gasteiger charge is -2.30. The number of likely N-dealkylation sites (tertiary alicyclic amines) is 1. The van der Waals surface area contributed by atoms with Gasteiger partial charge in [0, 0.05) is 36.4 Å². The molecule has 4 aromatic rings. The van der Waals surface area contributed by atoms with E-state index in [-0.39, 0.29) is 11.5 Å². The summed E-state index contributed by atoms with van der Waals surface area (Å²) in [5, 5.41) is 6.13. The topological polar surface area (TPSA) is 69.4 Å². The number of hydrogen-bond acceptors (Lipinski definition) is 4. The zero-order valence-electron chi connectivity index (χ0n) is 18.5. The molecule has 164 valence electrons. The summed E-state index contributed by atoms with van der Waals surface area (Å²) in [6, 6.07) is 14.9. The lowest BCUT2D eigenvalue weighted by molar-refractivity contribution is 0.0691. The Balaban J connectivity index is 1.78. The number of hydrogen-bond donors (Lipinski definition) is 0. The summed E-state index contributed by atoms with van der Waals surface area (Å²) >= 11 is 0. The summed E-state index contributed by atoms with van der Waals surface area (Å²) < 4.78 is 8.44. The molecule has 0 radical (unpaired) electrons. The number of ether oxygens (including phenoxy) is 1. The molecule has 32 heavy (non-hydrogen) atoms. The van der Waals surface area contributed by atoms with Crippen LogP contribution in [0.25, 0.3) is 27.5 Å². The van der Waals surface area contributed by atoms with E-state index in [4.69, 9.17) is 4.74 Å². The summed E-state index contributed by atoms with van der Waals surface area (Å²) in [7, 11) is 3.46. The molecular formula is C25H26N4O3. The van der Waals surface area contributed by atoms with Gasteiger partial charge in [-0.05, 0) is 49.1 Å². The normalized spacial score (nSPS) is 14.9. The molecule has 1 aliphatic heterocycles. The van der Waals surface area contributed by atoms with Gasteiger partial charge in [0.15, 0.2) is 5.69 Å². The predicted octanol–water partition coefficient (Wildman–Crippen LogP) is 3.76. The first kappa shape index (κ1) is 20.3. The minimum Gasteiger partial charge on any atom is -0.497 e. The third-order valence-corrected chi connectivity index (χ3v) is 6.53. The number of fused-ring (bicyclic) bond motifs is 3. The van der Waals surface area contributed by atoms with Crippen molar-refractivity contribution < 1.29 is 9.53 Å². The first-order valence-electron chi connectivity index (χ1n) is 10.9. The standard InChI is InChI=1S/C25H26N4O3/c1-16-12-14-28(15-13-16)24(30)22-21-19-6-4-5-7-20(19)27(2)23(21)25(31)29(26-22)17-8-10-18(32-3)11-9-17/h4-11,16H,12-15H2,1-3H3. The van der Waals surface area contributed by atoms with Gasteiger partial charge in [0.05, 0.1) is 12.8 Å². The largest absolute Gasteiger partial charge is 0.497 e. The van der Waals surface area contributed by atoms with Crippen LogP contribution in [0.5, 0.6) is 5.75 Å². The Morgan fingerprint density at radius 3 is 2.44 bits per heavy atom. The first-order valence-corrected chi connectivity index (χ1v) is 10.9. The molecule has 1 amide bonds. The summed E-state index contributed by atoms with van der Waals surface area (Å²) in [5.41, 5.74) is 2.03. The molecule has 0 aliphatic carbocycles. The van der Waals surface area contributed by atoms with Crippen molar-refractivity contribution in [3.05, 3.63) is 64.6 Å². The van der Waals surface area contributed by atoms with Crippen LogP contribution in [0.1, 0.15) is 30.3 Å². The highest BCUT2D eigenvalue weighted by atomic mass is 16.5. The number of carbonyl (C=O) groups is 1. The van der Waals surface area contributed by atoms with Crippen LogP contribution in [0.15, 0.2) is 53.3 Å². The second-order valence-corrected chi connectivity index (χ2v) is 8.54. The molecule has 0 unspecified atom stereocenters. The maximum Gasteiger partial charge on any atom is 0.296 e. The van der Waals surface area contributed by atoms with Gasteiger partial charge < -0.3 is 14.2 Å². The maximum absolute atomic E-state index is 13.7. The number of piperidine rings is 1. The Kier molecular flexibility index (Phi) is 4.96. The van der Waals surface area contributed by atoms with E-state index in [1.54, 1.807) is 31.4 Å². The molecule has 0 atom stereocenters. The highest BCUT2D eigenvalue weighted by Gasteiger charge is 2.28.